The summed E-state index contributed by atoms with van der Waals surface area (Å²) in [5.74, 6) is 0. The Hall–Kier alpha value is -1.40. The molecule has 14 heavy (non-hydrogen) atoms. The maximum atomic E-state index is 8.71. The van der Waals surface area contributed by atoms with Crippen LogP contribution in [0.5, 0.6) is 0 Å². The molecule has 0 radical (unpaired) electrons. The summed E-state index contributed by atoms with van der Waals surface area (Å²) in [6.07, 6.45) is 3.41. The Morgan fingerprint density at radius 1 is 1.36 bits per heavy atom. The molecule has 0 aliphatic heterocycles. The van der Waals surface area contributed by atoms with E-state index in [4.69, 9.17) is 5.26 Å². The molecule has 0 N–H and O–H groups in total. The van der Waals surface area contributed by atoms with E-state index in [1.165, 1.54) is 0 Å². The van der Waals surface area contributed by atoms with Crippen molar-refractivity contribution in [3.63, 3.8) is 0 Å². The predicted octanol–water partition coefficient (Wildman–Crippen LogP) is 1.80. The fraction of sp³-hybridized carbons (Fsp3) is 0.455. The minimum atomic E-state index is 0.634. The maximum Gasteiger partial charge on any atom is 0.101 e. The molecule has 0 aliphatic rings. The highest BCUT2D eigenvalue weighted by Gasteiger charge is 2.01. The van der Waals surface area contributed by atoms with Gasteiger partial charge in [-0.1, -0.05) is 13.8 Å². The topological polar surface area (TPSA) is 39.9 Å². The van der Waals surface area contributed by atoms with E-state index in [1.54, 1.807) is 6.20 Å². The minimum absolute atomic E-state index is 0.634. The van der Waals surface area contributed by atoms with Crippen LogP contribution in [0, 0.1) is 11.3 Å². The summed E-state index contributed by atoms with van der Waals surface area (Å²) in [5.41, 5.74) is 1.74. The summed E-state index contributed by atoms with van der Waals surface area (Å²) in [6, 6.07) is 3.99. The largest absolute Gasteiger partial charge is 0.300 e. The van der Waals surface area contributed by atoms with Gasteiger partial charge in [0.1, 0.15) is 6.07 Å². The monoisotopic (exact) mass is 189 g/mol. The molecule has 3 heteroatoms. The lowest BCUT2D eigenvalue weighted by molar-refractivity contribution is 0.295. The van der Waals surface area contributed by atoms with Crippen molar-refractivity contribution in [3.05, 3.63) is 29.6 Å². The minimum Gasteiger partial charge on any atom is -0.300 e. The maximum absolute atomic E-state index is 8.71. The summed E-state index contributed by atoms with van der Waals surface area (Å²) in [5, 5.41) is 8.71. The fourth-order valence-corrected chi connectivity index (χ4v) is 1.34. The standard InChI is InChI=1S/C11H15N3/c1-3-14(4-2)9-11-5-10(6-12)7-13-8-11/h5,7-8H,3-4,9H2,1-2H3. The van der Waals surface area contributed by atoms with E-state index in [-0.39, 0.29) is 0 Å². The number of rotatable bonds is 4. The van der Waals surface area contributed by atoms with Crippen molar-refractivity contribution in [2.75, 3.05) is 13.1 Å². The van der Waals surface area contributed by atoms with Gasteiger partial charge in [0.15, 0.2) is 0 Å². The Bertz CT molecular complexity index is 324. The van der Waals surface area contributed by atoms with Gasteiger partial charge in [-0.05, 0) is 24.7 Å². The molecular weight excluding hydrogens is 174 g/mol. The predicted molar refractivity (Wildman–Crippen MR) is 55.6 cm³/mol. The van der Waals surface area contributed by atoms with Crippen LogP contribution in [-0.4, -0.2) is 23.0 Å². The van der Waals surface area contributed by atoms with Gasteiger partial charge in [0.25, 0.3) is 0 Å². The molecule has 3 nitrogen and oxygen atoms in total. The third-order valence-corrected chi connectivity index (χ3v) is 2.22. The molecule has 1 heterocycles. The number of hydrogen-bond donors (Lipinski definition) is 0. The second-order valence-electron chi connectivity index (χ2n) is 3.16. The first kappa shape index (κ1) is 10.7. The van der Waals surface area contributed by atoms with Crippen LogP contribution in [0.15, 0.2) is 18.5 Å². The third kappa shape index (κ3) is 2.82. The van der Waals surface area contributed by atoms with E-state index in [0.29, 0.717) is 5.56 Å². The second-order valence-corrected chi connectivity index (χ2v) is 3.16. The SMILES string of the molecule is CCN(CC)Cc1cncc(C#N)c1. The molecular formula is C11H15N3. The third-order valence-electron chi connectivity index (χ3n) is 2.22. The lowest BCUT2D eigenvalue weighted by Gasteiger charge is -2.17. The van der Waals surface area contributed by atoms with Gasteiger partial charge < -0.3 is 0 Å². The molecule has 0 amide bonds. The summed E-state index contributed by atoms with van der Waals surface area (Å²) in [6.45, 7) is 7.17. The number of aromatic nitrogens is 1. The zero-order valence-corrected chi connectivity index (χ0v) is 8.70. The van der Waals surface area contributed by atoms with Gasteiger partial charge in [-0.2, -0.15) is 5.26 Å². The molecule has 1 rings (SSSR count). The molecule has 0 aliphatic carbocycles. The van der Waals surface area contributed by atoms with Crippen LogP contribution in [0.2, 0.25) is 0 Å². The molecule has 0 unspecified atom stereocenters. The summed E-state index contributed by atoms with van der Waals surface area (Å²) < 4.78 is 0. The smallest absolute Gasteiger partial charge is 0.101 e. The first-order chi connectivity index (χ1) is 6.80. The van der Waals surface area contributed by atoms with E-state index in [0.717, 1.165) is 25.2 Å². The fourth-order valence-electron chi connectivity index (χ4n) is 1.34. The van der Waals surface area contributed by atoms with Crippen molar-refractivity contribution in [1.29, 1.82) is 5.26 Å². The van der Waals surface area contributed by atoms with Crippen LogP contribution in [0.3, 0.4) is 0 Å². The van der Waals surface area contributed by atoms with Crippen molar-refractivity contribution in [3.8, 4) is 6.07 Å². The average molecular weight is 189 g/mol. The number of pyridine rings is 1. The normalized spacial score (nSPS) is 10.1. The molecule has 1 aromatic rings. The van der Waals surface area contributed by atoms with Gasteiger partial charge in [0.05, 0.1) is 5.56 Å². The Balaban J connectivity index is 2.72. The number of nitrogens with zero attached hydrogens (tertiary/aromatic N) is 3. The van der Waals surface area contributed by atoms with Gasteiger partial charge in [-0.15, -0.1) is 0 Å². The average Bonchev–Trinajstić information content (AvgIpc) is 2.26. The first-order valence-electron chi connectivity index (χ1n) is 4.86. The van der Waals surface area contributed by atoms with Crippen LogP contribution in [-0.2, 0) is 6.54 Å². The van der Waals surface area contributed by atoms with Gasteiger partial charge >= 0.3 is 0 Å². The summed E-state index contributed by atoms with van der Waals surface area (Å²) in [4.78, 5) is 6.32. The lowest BCUT2D eigenvalue weighted by Crippen LogP contribution is -2.22. The van der Waals surface area contributed by atoms with Crippen molar-refractivity contribution in [1.82, 2.24) is 9.88 Å². The molecule has 0 fully saturated rings. The van der Waals surface area contributed by atoms with Crippen LogP contribution in [0.4, 0.5) is 0 Å². The van der Waals surface area contributed by atoms with E-state index >= 15 is 0 Å². The number of hydrogen-bond acceptors (Lipinski definition) is 3. The van der Waals surface area contributed by atoms with E-state index in [9.17, 15) is 0 Å². The van der Waals surface area contributed by atoms with Crippen molar-refractivity contribution in [2.24, 2.45) is 0 Å². The van der Waals surface area contributed by atoms with Crippen LogP contribution in [0.1, 0.15) is 25.0 Å². The molecule has 0 aromatic carbocycles. The lowest BCUT2D eigenvalue weighted by atomic mass is 10.2. The Labute approximate surface area is 85.0 Å². The summed E-state index contributed by atoms with van der Waals surface area (Å²) in [7, 11) is 0. The molecule has 1 aromatic heterocycles. The highest BCUT2D eigenvalue weighted by Crippen LogP contribution is 2.05. The molecule has 0 atom stereocenters. The van der Waals surface area contributed by atoms with Gasteiger partial charge in [-0.25, -0.2) is 0 Å². The van der Waals surface area contributed by atoms with E-state index in [1.807, 2.05) is 12.3 Å². The highest BCUT2D eigenvalue weighted by atomic mass is 15.1. The van der Waals surface area contributed by atoms with Crippen LogP contribution < -0.4 is 0 Å². The molecule has 0 spiro atoms. The Morgan fingerprint density at radius 3 is 2.64 bits per heavy atom. The van der Waals surface area contributed by atoms with Crippen molar-refractivity contribution >= 4 is 0 Å². The van der Waals surface area contributed by atoms with Gasteiger partial charge in [-0.3, -0.25) is 9.88 Å². The Kier molecular flexibility index (Phi) is 4.09. The highest BCUT2D eigenvalue weighted by molar-refractivity contribution is 5.28. The molecule has 0 saturated carbocycles. The van der Waals surface area contributed by atoms with Gasteiger partial charge in [0, 0.05) is 18.9 Å². The molecule has 74 valence electrons. The van der Waals surface area contributed by atoms with Crippen molar-refractivity contribution < 1.29 is 0 Å². The van der Waals surface area contributed by atoms with E-state index in [2.05, 4.69) is 29.8 Å². The van der Waals surface area contributed by atoms with Gasteiger partial charge in [0.2, 0.25) is 0 Å². The number of nitriles is 1. The quantitative estimate of drug-likeness (QED) is 0.725. The first-order valence-corrected chi connectivity index (χ1v) is 4.86. The van der Waals surface area contributed by atoms with Crippen LogP contribution >= 0.6 is 0 Å². The van der Waals surface area contributed by atoms with Crippen LogP contribution in [0.25, 0.3) is 0 Å². The molecule has 0 saturated heterocycles. The van der Waals surface area contributed by atoms with Crippen molar-refractivity contribution in [2.45, 2.75) is 20.4 Å². The zero-order chi connectivity index (χ0) is 10.4. The zero-order valence-electron chi connectivity index (χ0n) is 8.70. The molecule has 0 bridgehead atoms. The second kappa shape index (κ2) is 5.36. The Morgan fingerprint density at radius 2 is 2.07 bits per heavy atom. The van der Waals surface area contributed by atoms with E-state index < -0.39 is 0 Å². The summed E-state index contributed by atoms with van der Waals surface area (Å²) >= 11 is 0.